The number of nitrogens with zero attached hydrogens (tertiary/aromatic N) is 3. The van der Waals surface area contributed by atoms with Crippen molar-refractivity contribution in [3.8, 4) is 0 Å². The highest BCUT2D eigenvalue weighted by molar-refractivity contribution is 7.99. The maximum absolute atomic E-state index is 4.34. The van der Waals surface area contributed by atoms with Crippen LogP contribution >= 0.6 is 11.8 Å². The second kappa shape index (κ2) is 5.62. The summed E-state index contributed by atoms with van der Waals surface area (Å²) in [6.07, 6.45) is 3.28. The van der Waals surface area contributed by atoms with Gasteiger partial charge >= 0.3 is 0 Å². The second-order valence-electron chi connectivity index (χ2n) is 3.14. The fourth-order valence-corrected chi connectivity index (χ4v) is 2.01. The maximum atomic E-state index is 4.34. The summed E-state index contributed by atoms with van der Waals surface area (Å²) in [5.74, 6) is 0. The number of aromatic amines is 1. The number of pyridine rings is 1. The Morgan fingerprint density at radius 2 is 2.38 bits per heavy atom. The average Bonchev–Trinajstić information content (AvgIpc) is 2.81. The van der Waals surface area contributed by atoms with E-state index in [0.29, 0.717) is 0 Å². The van der Waals surface area contributed by atoms with Crippen molar-refractivity contribution in [2.24, 2.45) is 0 Å². The van der Waals surface area contributed by atoms with Gasteiger partial charge < -0.3 is 5.32 Å². The zero-order valence-corrected chi connectivity index (χ0v) is 9.79. The minimum absolute atomic E-state index is 0.761. The fourth-order valence-electron chi connectivity index (χ4n) is 1.25. The van der Waals surface area contributed by atoms with Crippen molar-refractivity contribution in [1.29, 1.82) is 0 Å². The van der Waals surface area contributed by atoms with E-state index in [1.165, 1.54) is 23.7 Å². The first-order chi connectivity index (χ1) is 7.90. The van der Waals surface area contributed by atoms with Crippen LogP contribution in [0, 0.1) is 0 Å². The molecule has 0 bridgehead atoms. The quantitative estimate of drug-likeness (QED) is 0.821. The Bertz CT molecular complexity index is 429. The van der Waals surface area contributed by atoms with Crippen molar-refractivity contribution < 1.29 is 0 Å². The van der Waals surface area contributed by atoms with Crippen LogP contribution in [0.1, 0.15) is 12.5 Å². The lowest BCUT2D eigenvalue weighted by Crippen LogP contribution is -2.12. The van der Waals surface area contributed by atoms with Crippen molar-refractivity contribution in [2.75, 3.05) is 6.54 Å². The zero-order valence-electron chi connectivity index (χ0n) is 8.97. The number of hydrogen-bond acceptors (Lipinski definition) is 5. The molecule has 0 fully saturated rings. The molecule has 5 nitrogen and oxygen atoms in total. The van der Waals surface area contributed by atoms with E-state index >= 15 is 0 Å². The molecule has 0 aliphatic heterocycles. The first-order valence-corrected chi connectivity index (χ1v) is 5.89. The van der Waals surface area contributed by atoms with Gasteiger partial charge in [-0.05, 0) is 29.9 Å². The summed E-state index contributed by atoms with van der Waals surface area (Å²) in [6, 6.07) is 4.01. The summed E-state index contributed by atoms with van der Waals surface area (Å²) in [5, 5.41) is 11.6. The first kappa shape index (κ1) is 11.1. The van der Waals surface area contributed by atoms with Gasteiger partial charge in [0.05, 0.1) is 0 Å². The molecule has 0 radical (unpaired) electrons. The van der Waals surface area contributed by atoms with E-state index < -0.39 is 0 Å². The Morgan fingerprint density at radius 3 is 3.12 bits per heavy atom. The predicted octanol–water partition coefficient (Wildman–Crippen LogP) is 1.46. The third kappa shape index (κ3) is 2.80. The summed E-state index contributed by atoms with van der Waals surface area (Å²) >= 11 is 1.49. The Labute approximate surface area is 98.1 Å². The van der Waals surface area contributed by atoms with E-state index in [4.69, 9.17) is 0 Å². The van der Waals surface area contributed by atoms with Gasteiger partial charge in [-0.25, -0.2) is 9.97 Å². The molecule has 0 aliphatic carbocycles. The highest BCUT2D eigenvalue weighted by Gasteiger charge is 2.06. The standard InChI is InChI=1S/C10H13N5S/c1-2-11-6-8-4-3-5-12-9(8)16-10-13-7-14-15-10/h3-5,7,11H,2,6H2,1H3,(H,13,14,15). The van der Waals surface area contributed by atoms with Crippen LogP contribution in [0.15, 0.2) is 34.8 Å². The van der Waals surface area contributed by atoms with Gasteiger partial charge in [0.2, 0.25) is 0 Å². The zero-order chi connectivity index (χ0) is 11.2. The summed E-state index contributed by atoms with van der Waals surface area (Å²) in [7, 11) is 0. The normalized spacial score (nSPS) is 10.6. The van der Waals surface area contributed by atoms with Crippen molar-refractivity contribution in [3.63, 3.8) is 0 Å². The number of rotatable bonds is 5. The predicted molar refractivity (Wildman–Crippen MR) is 62.1 cm³/mol. The Hall–Kier alpha value is -1.40. The van der Waals surface area contributed by atoms with E-state index in [0.717, 1.165) is 23.3 Å². The smallest absolute Gasteiger partial charge is 0.189 e. The highest BCUT2D eigenvalue weighted by atomic mass is 32.2. The maximum Gasteiger partial charge on any atom is 0.189 e. The summed E-state index contributed by atoms with van der Waals surface area (Å²) in [5.41, 5.74) is 1.17. The second-order valence-corrected chi connectivity index (χ2v) is 4.12. The van der Waals surface area contributed by atoms with E-state index in [1.807, 2.05) is 6.07 Å². The van der Waals surface area contributed by atoms with Crippen LogP contribution in [0.3, 0.4) is 0 Å². The number of hydrogen-bond donors (Lipinski definition) is 2. The van der Waals surface area contributed by atoms with Crippen LogP contribution in [-0.4, -0.2) is 26.7 Å². The van der Waals surface area contributed by atoms with Crippen molar-refractivity contribution in [2.45, 2.75) is 23.7 Å². The SMILES string of the molecule is CCNCc1cccnc1Sc1ncn[nH]1. The molecule has 2 aromatic rings. The Balaban J connectivity index is 2.13. The molecule has 2 rings (SSSR count). The van der Waals surface area contributed by atoms with Crippen LogP contribution in [-0.2, 0) is 6.54 Å². The van der Waals surface area contributed by atoms with Crippen LogP contribution < -0.4 is 5.32 Å². The molecule has 6 heteroatoms. The molecule has 0 atom stereocenters. The molecule has 0 spiro atoms. The van der Waals surface area contributed by atoms with E-state index in [1.54, 1.807) is 6.20 Å². The lowest BCUT2D eigenvalue weighted by molar-refractivity contribution is 0.711. The van der Waals surface area contributed by atoms with Crippen molar-refractivity contribution in [3.05, 3.63) is 30.2 Å². The number of H-pyrrole nitrogens is 1. The average molecular weight is 235 g/mol. The summed E-state index contributed by atoms with van der Waals surface area (Å²) in [4.78, 5) is 8.41. The van der Waals surface area contributed by atoms with Gasteiger partial charge in [0, 0.05) is 12.7 Å². The molecule has 0 aromatic carbocycles. The molecule has 84 valence electrons. The number of nitrogens with one attached hydrogen (secondary N) is 2. The molecule has 2 heterocycles. The van der Waals surface area contributed by atoms with Gasteiger partial charge in [-0.3, -0.25) is 5.10 Å². The molecule has 0 unspecified atom stereocenters. The van der Waals surface area contributed by atoms with Crippen molar-refractivity contribution in [1.82, 2.24) is 25.5 Å². The van der Waals surface area contributed by atoms with Gasteiger partial charge in [-0.2, -0.15) is 5.10 Å². The topological polar surface area (TPSA) is 66.5 Å². The highest BCUT2D eigenvalue weighted by Crippen LogP contribution is 2.24. The van der Waals surface area contributed by atoms with Crippen molar-refractivity contribution >= 4 is 11.8 Å². The fraction of sp³-hybridized carbons (Fsp3) is 0.300. The van der Waals surface area contributed by atoms with Gasteiger partial charge in [0.25, 0.3) is 0 Å². The lowest BCUT2D eigenvalue weighted by atomic mass is 10.3. The minimum atomic E-state index is 0.761. The lowest BCUT2D eigenvalue weighted by Gasteiger charge is -2.06. The molecule has 0 amide bonds. The molecular weight excluding hydrogens is 222 g/mol. The molecule has 16 heavy (non-hydrogen) atoms. The Morgan fingerprint density at radius 1 is 1.44 bits per heavy atom. The van der Waals surface area contributed by atoms with Crippen LogP contribution in [0.5, 0.6) is 0 Å². The van der Waals surface area contributed by atoms with Crippen LogP contribution in [0.4, 0.5) is 0 Å². The Kier molecular flexibility index (Phi) is 3.90. The van der Waals surface area contributed by atoms with Crippen LogP contribution in [0.25, 0.3) is 0 Å². The molecule has 2 aromatic heterocycles. The molecule has 2 N–H and O–H groups in total. The summed E-state index contributed by atoms with van der Waals surface area (Å²) < 4.78 is 0. The van der Waals surface area contributed by atoms with Gasteiger partial charge in [0.1, 0.15) is 11.4 Å². The molecule has 0 aliphatic rings. The molecule has 0 saturated carbocycles. The molecule has 0 saturated heterocycles. The monoisotopic (exact) mass is 235 g/mol. The largest absolute Gasteiger partial charge is 0.313 e. The molecular formula is C10H13N5S. The van der Waals surface area contributed by atoms with Gasteiger partial charge in [-0.1, -0.05) is 13.0 Å². The van der Waals surface area contributed by atoms with Crippen LogP contribution in [0.2, 0.25) is 0 Å². The van der Waals surface area contributed by atoms with Gasteiger partial charge in [-0.15, -0.1) is 0 Å². The third-order valence-electron chi connectivity index (χ3n) is 2.00. The van der Waals surface area contributed by atoms with Gasteiger partial charge in [0.15, 0.2) is 5.16 Å². The first-order valence-electron chi connectivity index (χ1n) is 5.08. The van der Waals surface area contributed by atoms with E-state index in [2.05, 4.69) is 38.5 Å². The summed E-state index contributed by atoms with van der Waals surface area (Å²) in [6.45, 7) is 3.85. The van der Waals surface area contributed by atoms with E-state index in [-0.39, 0.29) is 0 Å². The third-order valence-corrected chi connectivity index (χ3v) is 2.95. The number of aromatic nitrogens is 4. The minimum Gasteiger partial charge on any atom is -0.313 e. The van der Waals surface area contributed by atoms with E-state index in [9.17, 15) is 0 Å².